The Hall–Kier alpha value is -2.53. The Kier molecular flexibility index (Phi) is 7.53. The first-order valence-electron chi connectivity index (χ1n) is 12.3. The number of nitrogens with zero attached hydrogens (tertiary/aromatic N) is 2. The molecule has 1 aromatic heterocycles. The highest BCUT2D eigenvalue weighted by Gasteiger charge is 2.50. The van der Waals surface area contributed by atoms with Crippen LogP contribution in [0.15, 0.2) is 59.1 Å². The number of nitrogens with one attached hydrogen (secondary N) is 2. The second-order valence-corrected chi connectivity index (χ2v) is 12.9. The lowest BCUT2D eigenvalue weighted by Crippen LogP contribution is -2.63. The largest absolute Gasteiger partial charge is 0.349 e. The Morgan fingerprint density at radius 3 is 2.73 bits per heavy atom. The van der Waals surface area contributed by atoms with Crippen molar-refractivity contribution in [3.8, 4) is 0 Å². The Morgan fingerprint density at radius 2 is 2.03 bits per heavy atom. The van der Waals surface area contributed by atoms with Crippen LogP contribution in [0.4, 0.5) is 0 Å². The molecular formula is C26H29ClN4O4S2. The number of hydrogen-bond acceptors (Lipinski definition) is 6. The number of benzene rings is 1. The maximum atomic E-state index is 14.1. The van der Waals surface area contributed by atoms with E-state index in [0.717, 1.165) is 24.1 Å². The zero-order valence-corrected chi connectivity index (χ0v) is 22.7. The second kappa shape index (κ2) is 10.7. The fraction of sp³-hybridized carbons (Fsp3) is 0.423. The summed E-state index contributed by atoms with van der Waals surface area (Å²) in [6.07, 6.45) is 11.4. The third-order valence-corrected chi connectivity index (χ3v) is 9.04. The normalized spacial score (nSPS) is 27.6. The third-order valence-electron chi connectivity index (χ3n) is 7.28. The van der Waals surface area contributed by atoms with Crippen LogP contribution < -0.4 is 10.0 Å². The molecular weight excluding hydrogens is 532 g/mol. The van der Waals surface area contributed by atoms with Gasteiger partial charge in [-0.05, 0) is 30.5 Å². The van der Waals surface area contributed by atoms with Gasteiger partial charge in [0.1, 0.15) is 5.01 Å². The van der Waals surface area contributed by atoms with Crippen molar-refractivity contribution in [3.63, 3.8) is 0 Å². The fourth-order valence-corrected chi connectivity index (χ4v) is 7.44. The summed E-state index contributed by atoms with van der Waals surface area (Å²) in [6, 6.07) is 5.80. The molecule has 5 rings (SSSR count). The summed E-state index contributed by atoms with van der Waals surface area (Å²) in [5.41, 5.74) is 1.13. The number of carbonyl (C=O) groups is 2. The van der Waals surface area contributed by atoms with Gasteiger partial charge in [0.2, 0.25) is 15.9 Å². The van der Waals surface area contributed by atoms with Gasteiger partial charge in [-0.15, -0.1) is 11.3 Å². The van der Waals surface area contributed by atoms with Gasteiger partial charge in [-0.2, -0.15) is 0 Å². The van der Waals surface area contributed by atoms with E-state index in [2.05, 4.69) is 15.0 Å². The molecule has 2 unspecified atom stereocenters. The van der Waals surface area contributed by atoms with Gasteiger partial charge in [0.05, 0.1) is 24.8 Å². The first-order valence-corrected chi connectivity index (χ1v) is 15.5. The maximum absolute atomic E-state index is 14.1. The lowest BCUT2D eigenvalue weighted by atomic mass is 9.74. The van der Waals surface area contributed by atoms with E-state index in [1.165, 1.54) is 11.3 Å². The van der Waals surface area contributed by atoms with Crippen LogP contribution in [-0.2, 0) is 21.4 Å². The summed E-state index contributed by atoms with van der Waals surface area (Å²) >= 11 is 7.80. The van der Waals surface area contributed by atoms with Crippen LogP contribution in [-0.4, -0.2) is 54.5 Å². The van der Waals surface area contributed by atoms with Crippen LogP contribution >= 0.6 is 22.9 Å². The van der Waals surface area contributed by atoms with E-state index < -0.39 is 34.1 Å². The molecule has 1 fully saturated rings. The number of aromatic nitrogens is 1. The predicted molar refractivity (Wildman–Crippen MR) is 144 cm³/mol. The van der Waals surface area contributed by atoms with E-state index in [4.69, 9.17) is 11.6 Å². The lowest BCUT2D eigenvalue weighted by Gasteiger charge is -2.50. The Bertz CT molecular complexity index is 1340. The molecule has 196 valence electrons. The standard InChI is InChI=1S/C26H29ClN4O4S2/c1-37(34,35)30-20-8-4-5-9-21(20)31-24(16-10-11-17(27)14-16)23(18-6-2-3-7-19(18)26(31)33)25(32)29-15-22-28-12-13-36-22/h2-3,6-7,10-14,16,20-21,23-24,30H,4-5,8-9,15H2,1H3,(H,29,32)/t16?,20-,21-,23+,24?/m0/s1. The fourth-order valence-electron chi connectivity index (χ4n) is 5.84. The van der Waals surface area contributed by atoms with E-state index >= 15 is 0 Å². The predicted octanol–water partition coefficient (Wildman–Crippen LogP) is 3.54. The van der Waals surface area contributed by atoms with Crippen molar-refractivity contribution in [2.45, 2.75) is 56.3 Å². The summed E-state index contributed by atoms with van der Waals surface area (Å²) in [5.74, 6) is -1.38. The first-order chi connectivity index (χ1) is 17.7. The summed E-state index contributed by atoms with van der Waals surface area (Å²) in [7, 11) is -3.50. The zero-order valence-electron chi connectivity index (χ0n) is 20.3. The molecule has 0 radical (unpaired) electrons. The van der Waals surface area contributed by atoms with Crippen molar-refractivity contribution in [1.82, 2.24) is 19.9 Å². The van der Waals surface area contributed by atoms with E-state index in [-0.39, 0.29) is 24.3 Å². The van der Waals surface area contributed by atoms with Crippen molar-refractivity contribution in [1.29, 1.82) is 0 Å². The summed E-state index contributed by atoms with van der Waals surface area (Å²) in [5, 5.41) is 6.22. The molecule has 2 aromatic rings. The molecule has 37 heavy (non-hydrogen) atoms. The SMILES string of the molecule is CS(=O)(=O)N[C@H]1CCCC[C@@H]1N1C(=O)c2ccccc2[C@@H](C(=O)NCc2nccs2)C1C1C=CC(Cl)=C1. The first kappa shape index (κ1) is 26.1. The van der Waals surface area contributed by atoms with Gasteiger partial charge in [0.25, 0.3) is 5.91 Å². The molecule has 3 aliphatic rings. The molecule has 0 spiro atoms. The van der Waals surface area contributed by atoms with Crippen LogP contribution in [0.2, 0.25) is 0 Å². The van der Waals surface area contributed by atoms with Gasteiger partial charge in [0.15, 0.2) is 0 Å². The van der Waals surface area contributed by atoms with Gasteiger partial charge >= 0.3 is 0 Å². The molecule has 2 N–H and O–H groups in total. The number of hydrogen-bond donors (Lipinski definition) is 2. The maximum Gasteiger partial charge on any atom is 0.254 e. The van der Waals surface area contributed by atoms with Crippen LogP contribution in [0, 0.1) is 5.92 Å². The van der Waals surface area contributed by atoms with Crippen molar-refractivity contribution in [2.75, 3.05) is 6.26 Å². The van der Waals surface area contributed by atoms with Crippen molar-refractivity contribution in [2.24, 2.45) is 5.92 Å². The van der Waals surface area contributed by atoms with E-state index in [9.17, 15) is 18.0 Å². The molecule has 1 aliphatic heterocycles. The van der Waals surface area contributed by atoms with Gasteiger partial charge in [-0.3, -0.25) is 9.59 Å². The minimum Gasteiger partial charge on any atom is -0.349 e. The number of amides is 2. The number of thiazole rings is 1. The van der Waals surface area contributed by atoms with Gasteiger partial charge in [-0.1, -0.05) is 54.8 Å². The highest BCUT2D eigenvalue weighted by molar-refractivity contribution is 7.88. The molecule has 5 atom stereocenters. The average molecular weight is 561 g/mol. The summed E-state index contributed by atoms with van der Waals surface area (Å²) in [4.78, 5) is 34.0. The summed E-state index contributed by atoms with van der Waals surface area (Å²) in [6.45, 7) is 0.286. The number of allylic oxidation sites excluding steroid dienone is 2. The Labute approximate surface area is 225 Å². The lowest BCUT2D eigenvalue weighted by molar-refractivity contribution is -0.125. The average Bonchev–Trinajstić information content (AvgIpc) is 3.54. The molecule has 1 aromatic carbocycles. The van der Waals surface area contributed by atoms with Crippen LogP contribution in [0.25, 0.3) is 0 Å². The molecule has 2 heterocycles. The smallest absolute Gasteiger partial charge is 0.254 e. The molecule has 2 amide bonds. The molecule has 8 nitrogen and oxygen atoms in total. The minimum atomic E-state index is -3.50. The van der Waals surface area contributed by atoms with E-state index in [0.29, 0.717) is 29.0 Å². The number of fused-ring (bicyclic) bond motifs is 1. The molecule has 0 saturated heterocycles. The minimum absolute atomic E-state index is 0.193. The highest BCUT2D eigenvalue weighted by atomic mass is 35.5. The summed E-state index contributed by atoms with van der Waals surface area (Å²) < 4.78 is 27.2. The van der Waals surface area contributed by atoms with Crippen molar-refractivity contribution >= 4 is 44.8 Å². The van der Waals surface area contributed by atoms with Crippen LogP contribution in [0.1, 0.15) is 52.5 Å². The highest BCUT2D eigenvalue weighted by Crippen LogP contribution is 2.43. The quantitative estimate of drug-likeness (QED) is 0.538. The molecule has 0 bridgehead atoms. The monoisotopic (exact) mass is 560 g/mol. The number of halogens is 1. The van der Waals surface area contributed by atoms with Crippen LogP contribution in [0.5, 0.6) is 0 Å². The van der Waals surface area contributed by atoms with Gasteiger partial charge in [-0.25, -0.2) is 18.1 Å². The van der Waals surface area contributed by atoms with Gasteiger partial charge < -0.3 is 10.2 Å². The topological polar surface area (TPSA) is 108 Å². The van der Waals surface area contributed by atoms with Crippen LogP contribution in [0.3, 0.4) is 0 Å². The van der Waals surface area contributed by atoms with E-state index in [1.54, 1.807) is 29.3 Å². The molecule has 11 heteroatoms. The molecule has 2 aliphatic carbocycles. The number of carbonyl (C=O) groups excluding carboxylic acids is 2. The third kappa shape index (κ3) is 5.52. The van der Waals surface area contributed by atoms with Gasteiger partial charge in [0, 0.05) is 40.2 Å². The van der Waals surface area contributed by atoms with E-state index in [1.807, 2.05) is 29.7 Å². The number of rotatable bonds is 7. The van der Waals surface area contributed by atoms with Crippen molar-refractivity contribution in [3.05, 3.63) is 75.2 Å². The second-order valence-electron chi connectivity index (χ2n) is 9.75. The van der Waals surface area contributed by atoms with Crippen molar-refractivity contribution < 1.29 is 18.0 Å². The Balaban J connectivity index is 1.59. The Morgan fingerprint density at radius 1 is 1.24 bits per heavy atom. The molecule has 1 saturated carbocycles. The number of sulfonamides is 1. The zero-order chi connectivity index (χ0) is 26.2.